The molecule has 0 heterocycles. The molecule has 1 aromatic rings. The molecule has 1 aromatic carbocycles. The highest BCUT2D eigenvalue weighted by Gasteiger charge is 2.39. The van der Waals surface area contributed by atoms with Gasteiger partial charge in [0.05, 0.1) is 12.6 Å². The first-order valence-electron chi connectivity index (χ1n) is 5.58. The van der Waals surface area contributed by atoms with Crippen LogP contribution in [-0.4, -0.2) is 6.54 Å². The number of halogens is 1. The van der Waals surface area contributed by atoms with Crippen molar-refractivity contribution in [2.24, 2.45) is 11.8 Å². The van der Waals surface area contributed by atoms with Crippen molar-refractivity contribution < 1.29 is 0 Å². The zero-order valence-corrected chi connectivity index (χ0v) is 10.0. The summed E-state index contributed by atoms with van der Waals surface area (Å²) in [5, 5.41) is 12.7. The summed E-state index contributed by atoms with van der Waals surface area (Å²) in [6, 6.07) is 10.3. The average molecular weight is 235 g/mol. The van der Waals surface area contributed by atoms with Crippen LogP contribution in [0.4, 0.5) is 0 Å². The minimum absolute atomic E-state index is 0.298. The molecule has 3 atom stereocenters. The molecule has 1 saturated carbocycles. The molecule has 3 heteroatoms. The summed E-state index contributed by atoms with van der Waals surface area (Å²) in [7, 11) is 0. The Bertz CT molecular complexity index is 393. The van der Waals surface area contributed by atoms with Crippen LogP contribution in [-0.2, 0) is 0 Å². The zero-order chi connectivity index (χ0) is 11.5. The lowest BCUT2D eigenvalue weighted by atomic mass is 10.0. The number of benzene rings is 1. The van der Waals surface area contributed by atoms with Gasteiger partial charge in [0, 0.05) is 11.1 Å². The van der Waals surface area contributed by atoms with Crippen molar-refractivity contribution in [3.05, 3.63) is 34.9 Å². The molecule has 2 rings (SSSR count). The molecular formula is C13H15ClN2. The van der Waals surface area contributed by atoms with E-state index in [9.17, 15) is 0 Å². The second kappa shape index (κ2) is 4.86. The van der Waals surface area contributed by atoms with Crippen LogP contribution in [0, 0.1) is 23.2 Å². The molecule has 1 aliphatic carbocycles. The Morgan fingerprint density at radius 1 is 1.50 bits per heavy atom. The maximum Gasteiger partial charge on any atom is 0.0845 e. The molecule has 1 fully saturated rings. The van der Waals surface area contributed by atoms with Crippen LogP contribution in [0.3, 0.4) is 0 Å². The van der Waals surface area contributed by atoms with E-state index in [4.69, 9.17) is 16.9 Å². The van der Waals surface area contributed by atoms with E-state index in [1.54, 1.807) is 0 Å². The Labute approximate surface area is 101 Å². The molecule has 0 aliphatic heterocycles. The number of nitrogens with zero attached hydrogens (tertiary/aromatic N) is 1. The Balaban J connectivity index is 2.12. The molecule has 0 saturated heterocycles. The number of nitriles is 1. The van der Waals surface area contributed by atoms with Gasteiger partial charge in [-0.05, 0) is 36.0 Å². The molecule has 0 amide bonds. The minimum Gasteiger partial charge on any atom is -0.297 e. The number of rotatable bonds is 4. The Morgan fingerprint density at radius 3 is 2.62 bits per heavy atom. The fraction of sp³-hybridized carbons (Fsp3) is 0.462. The molecule has 0 bridgehead atoms. The molecule has 0 spiro atoms. The summed E-state index contributed by atoms with van der Waals surface area (Å²) >= 11 is 5.87. The van der Waals surface area contributed by atoms with Gasteiger partial charge in [-0.15, -0.1) is 0 Å². The summed E-state index contributed by atoms with van der Waals surface area (Å²) in [6.07, 6.45) is 1.24. The molecule has 1 N–H and O–H groups in total. The van der Waals surface area contributed by atoms with Crippen molar-refractivity contribution in [1.82, 2.24) is 5.32 Å². The standard InChI is InChI=1S/C13H15ClN2/c1-9-8-12(9)13(16-7-6-15)10-2-4-11(14)5-3-10/h2-5,9,12-13,16H,7-8H2,1H3/t9-,12-,13+/m0/s1. The minimum atomic E-state index is 0.298. The number of hydrogen-bond donors (Lipinski definition) is 1. The van der Waals surface area contributed by atoms with E-state index in [1.165, 1.54) is 12.0 Å². The second-order valence-electron chi connectivity index (χ2n) is 4.45. The van der Waals surface area contributed by atoms with Crippen molar-refractivity contribution in [2.45, 2.75) is 19.4 Å². The highest BCUT2D eigenvalue weighted by Crippen LogP contribution is 2.46. The van der Waals surface area contributed by atoms with Crippen LogP contribution in [0.25, 0.3) is 0 Å². The SMILES string of the molecule is C[C@H]1C[C@@H]1[C@H](NCC#N)c1ccc(Cl)cc1. The molecular weight excluding hydrogens is 220 g/mol. The first-order chi connectivity index (χ1) is 7.72. The Kier molecular flexibility index (Phi) is 3.48. The summed E-state index contributed by atoms with van der Waals surface area (Å²) in [5.74, 6) is 1.42. The van der Waals surface area contributed by atoms with Gasteiger partial charge >= 0.3 is 0 Å². The Hall–Kier alpha value is -1.04. The van der Waals surface area contributed by atoms with E-state index >= 15 is 0 Å². The van der Waals surface area contributed by atoms with Crippen LogP contribution in [0.2, 0.25) is 5.02 Å². The van der Waals surface area contributed by atoms with Crippen LogP contribution < -0.4 is 5.32 Å². The quantitative estimate of drug-likeness (QED) is 0.813. The summed E-state index contributed by atoms with van der Waals surface area (Å²) < 4.78 is 0. The highest BCUT2D eigenvalue weighted by atomic mass is 35.5. The third-order valence-electron chi connectivity index (χ3n) is 3.23. The molecule has 0 unspecified atom stereocenters. The van der Waals surface area contributed by atoms with Gasteiger partial charge in [0.2, 0.25) is 0 Å². The van der Waals surface area contributed by atoms with E-state index in [0.717, 1.165) is 10.9 Å². The largest absolute Gasteiger partial charge is 0.297 e. The zero-order valence-electron chi connectivity index (χ0n) is 9.28. The molecule has 0 aromatic heterocycles. The van der Waals surface area contributed by atoms with Gasteiger partial charge in [0.15, 0.2) is 0 Å². The van der Waals surface area contributed by atoms with Gasteiger partial charge in [0.1, 0.15) is 0 Å². The smallest absolute Gasteiger partial charge is 0.0845 e. The lowest BCUT2D eigenvalue weighted by Crippen LogP contribution is -2.23. The third-order valence-corrected chi connectivity index (χ3v) is 3.48. The fourth-order valence-electron chi connectivity index (χ4n) is 2.16. The maximum absolute atomic E-state index is 8.64. The Morgan fingerprint density at radius 2 is 2.12 bits per heavy atom. The van der Waals surface area contributed by atoms with E-state index in [-0.39, 0.29) is 0 Å². The molecule has 2 nitrogen and oxygen atoms in total. The van der Waals surface area contributed by atoms with E-state index in [2.05, 4.69) is 18.3 Å². The molecule has 0 radical (unpaired) electrons. The first kappa shape index (κ1) is 11.4. The van der Waals surface area contributed by atoms with Crippen LogP contribution in [0.5, 0.6) is 0 Å². The van der Waals surface area contributed by atoms with Gasteiger partial charge in [-0.25, -0.2) is 0 Å². The van der Waals surface area contributed by atoms with Crippen molar-refractivity contribution in [3.63, 3.8) is 0 Å². The second-order valence-corrected chi connectivity index (χ2v) is 4.88. The predicted octanol–water partition coefficient (Wildman–Crippen LogP) is 3.15. The molecule has 16 heavy (non-hydrogen) atoms. The van der Waals surface area contributed by atoms with Crippen LogP contribution >= 0.6 is 11.6 Å². The van der Waals surface area contributed by atoms with Gasteiger partial charge in [-0.3, -0.25) is 5.32 Å². The molecule has 84 valence electrons. The van der Waals surface area contributed by atoms with Crippen molar-refractivity contribution in [1.29, 1.82) is 5.26 Å². The highest BCUT2D eigenvalue weighted by molar-refractivity contribution is 6.30. The van der Waals surface area contributed by atoms with Gasteiger partial charge in [-0.2, -0.15) is 5.26 Å². The van der Waals surface area contributed by atoms with Crippen LogP contribution in [0.1, 0.15) is 24.9 Å². The average Bonchev–Trinajstić information content (AvgIpc) is 2.99. The van der Waals surface area contributed by atoms with Crippen molar-refractivity contribution in [3.8, 4) is 6.07 Å². The normalized spacial score (nSPS) is 24.8. The maximum atomic E-state index is 8.64. The lowest BCUT2D eigenvalue weighted by molar-refractivity contribution is 0.487. The monoisotopic (exact) mass is 234 g/mol. The third kappa shape index (κ3) is 2.55. The van der Waals surface area contributed by atoms with Crippen molar-refractivity contribution in [2.75, 3.05) is 6.54 Å². The number of hydrogen-bond acceptors (Lipinski definition) is 2. The van der Waals surface area contributed by atoms with Crippen LogP contribution in [0.15, 0.2) is 24.3 Å². The van der Waals surface area contributed by atoms with E-state index in [1.807, 2.05) is 24.3 Å². The van der Waals surface area contributed by atoms with Gasteiger partial charge in [0.25, 0.3) is 0 Å². The van der Waals surface area contributed by atoms with E-state index < -0.39 is 0 Å². The lowest BCUT2D eigenvalue weighted by Gasteiger charge is -2.17. The summed E-state index contributed by atoms with van der Waals surface area (Å²) in [5.41, 5.74) is 1.23. The van der Waals surface area contributed by atoms with Gasteiger partial charge in [-0.1, -0.05) is 30.7 Å². The summed E-state index contributed by atoms with van der Waals surface area (Å²) in [4.78, 5) is 0. The van der Waals surface area contributed by atoms with E-state index in [0.29, 0.717) is 18.5 Å². The summed E-state index contributed by atoms with van der Waals surface area (Å²) in [6.45, 7) is 2.65. The van der Waals surface area contributed by atoms with Gasteiger partial charge < -0.3 is 0 Å². The number of nitrogens with one attached hydrogen (secondary N) is 1. The van der Waals surface area contributed by atoms with Crippen molar-refractivity contribution >= 4 is 11.6 Å². The molecule has 1 aliphatic rings. The topological polar surface area (TPSA) is 35.8 Å². The fourth-order valence-corrected chi connectivity index (χ4v) is 2.28. The predicted molar refractivity (Wildman–Crippen MR) is 65.1 cm³/mol. The first-order valence-corrected chi connectivity index (χ1v) is 5.96.